The van der Waals surface area contributed by atoms with Crippen molar-refractivity contribution in [1.29, 1.82) is 0 Å². The van der Waals surface area contributed by atoms with Gasteiger partial charge < -0.3 is 16.8 Å². The molecular weight excluding hydrogens is 346 g/mol. The van der Waals surface area contributed by atoms with Crippen molar-refractivity contribution in [2.24, 2.45) is 11.5 Å². The number of aromatic nitrogens is 2. The Morgan fingerprint density at radius 2 is 1.78 bits per heavy atom. The van der Waals surface area contributed by atoms with Crippen LogP contribution in [0.5, 0.6) is 0 Å². The van der Waals surface area contributed by atoms with Crippen LogP contribution in [0, 0.1) is 0 Å². The average Bonchev–Trinajstić information content (AvgIpc) is 3.05. The Hall–Kier alpha value is -3.94. The van der Waals surface area contributed by atoms with E-state index in [-0.39, 0.29) is 17.2 Å². The fraction of sp³-hybridized carbons (Fsp3) is 0.0526. The van der Waals surface area contributed by atoms with Crippen LogP contribution >= 0.6 is 0 Å². The number of carbonyl (C=O) groups excluding carboxylic acids is 3. The highest BCUT2D eigenvalue weighted by atomic mass is 16.2. The number of rotatable bonds is 5. The van der Waals surface area contributed by atoms with E-state index >= 15 is 0 Å². The zero-order valence-corrected chi connectivity index (χ0v) is 14.5. The topological polar surface area (TPSA) is 133 Å². The van der Waals surface area contributed by atoms with Crippen LogP contribution in [0.15, 0.2) is 54.7 Å². The molecule has 0 aliphatic rings. The molecule has 27 heavy (non-hydrogen) atoms. The molecule has 1 aromatic heterocycles. The maximum absolute atomic E-state index is 11.9. The second kappa shape index (κ2) is 7.12. The SMILES string of the molecule is CC(=O)c1ccccc1-c1cccc(-n2cc(NC(N)=O)c(C(N)=O)n2)c1. The largest absolute Gasteiger partial charge is 0.364 e. The highest BCUT2D eigenvalue weighted by Gasteiger charge is 2.17. The second-order valence-corrected chi connectivity index (χ2v) is 5.84. The lowest BCUT2D eigenvalue weighted by Crippen LogP contribution is -2.22. The monoisotopic (exact) mass is 363 g/mol. The van der Waals surface area contributed by atoms with Crippen LogP contribution < -0.4 is 16.8 Å². The van der Waals surface area contributed by atoms with Crippen molar-refractivity contribution in [3.63, 3.8) is 0 Å². The number of ketones is 1. The number of nitrogens with two attached hydrogens (primary N) is 2. The molecule has 2 aromatic carbocycles. The molecule has 0 bridgehead atoms. The van der Waals surface area contributed by atoms with E-state index in [1.165, 1.54) is 17.8 Å². The molecule has 136 valence electrons. The van der Waals surface area contributed by atoms with Gasteiger partial charge in [0.15, 0.2) is 11.5 Å². The van der Waals surface area contributed by atoms with Crippen LogP contribution in [0.3, 0.4) is 0 Å². The Balaban J connectivity index is 2.08. The van der Waals surface area contributed by atoms with E-state index in [4.69, 9.17) is 11.5 Å². The van der Waals surface area contributed by atoms with Crippen molar-refractivity contribution in [3.8, 4) is 16.8 Å². The number of nitrogens with zero attached hydrogens (tertiary/aromatic N) is 2. The van der Waals surface area contributed by atoms with E-state index in [0.717, 1.165) is 11.1 Å². The first-order valence-corrected chi connectivity index (χ1v) is 8.03. The Morgan fingerprint density at radius 3 is 2.44 bits per heavy atom. The normalized spacial score (nSPS) is 10.4. The molecule has 0 saturated heterocycles. The van der Waals surface area contributed by atoms with Crippen LogP contribution in [-0.4, -0.2) is 27.5 Å². The first-order valence-electron chi connectivity index (χ1n) is 8.03. The van der Waals surface area contributed by atoms with Crippen molar-refractivity contribution >= 4 is 23.4 Å². The molecule has 0 fully saturated rings. The summed E-state index contributed by atoms with van der Waals surface area (Å²) < 4.78 is 1.41. The summed E-state index contributed by atoms with van der Waals surface area (Å²) in [6.45, 7) is 1.51. The molecule has 3 amide bonds. The van der Waals surface area contributed by atoms with Crippen LogP contribution in [-0.2, 0) is 0 Å². The third-order valence-electron chi connectivity index (χ3n) is 3.93. The van der Waals surface area contributed by atoms with Gasteiger partial charge in [0.1, 0.15) is 0 Å². The van der Waals surface area contributed by atoms with Crippen molar-refractivity contribution in [2.45, 2.75) is 6.92 Å². The molecule has 1 heterocycles. The van der Waals surface area contributed by atoms with Gasteiger partial charge in [0, 0.05) is 5.56 Å². The van der Waals surface area contributed by atoms with Crippen LogP contribution in [0.25, 0.3) is 16.8 Å². The molecule has 0 saturated carbocycles. The number of amides is 3. The molecule has 0 aliphatic heterocycles. The van der Waals surface area contributed by atoms with Gasteiger partial charge in [-0.3, -0.25) is 9.59 Å². The quantitative estimate of drug-likeness (QED) is 0.600. The first kappa shape index (κ1) is 17.9. The first-order chi connectivity index (χ1) is 12.9. The third kappa shape index (κ3) is 3.69. The molecule has 3 aromatic rings. The summed E-state index contributed by atoms with van der Waals surface area (Å²) in [4.78, 5) is 34.6. The van der Waals surface area contributed by atoms with Gasteiger partial charge >= 0.3 is 6.03 Å². The molecule has 0 atom stereocenters. The van der Waals surface area contributed by atoms with Gasteiger partial charge in [0.25, 0.3) is 5.91 Å². The van der Waals surface area contributed by atoms with E-state index in [1.807, 2.05) is 24.3 Å². The van der Waals surface area contributed by atoms with Crippen molar-refractivity contribution < 1.29 is 14.4 Å². The van der Waals surface area contributed by atoms with Crippen molar-refractivity contribution in [2.75, 3.05) is 5.32 Å². The summed E-state index contributed by atoms with van der Waals surface area (Å²) in [6, 6.07) is 13.7. The van der Waals surface area contributed by atoms with E-state index in [0.29, 0.717) is 11.3 Å². The number of primary amides is 2. The van der Waals surface area contributed by atoms with Gasteiger partial charge in [0.05, 0.1) is 17.6 Å². The Kier molecular flexibility index (Phi) is 4.71. The van der Waals surface area contributed by atoms with Gasteiger partial charge in [-0.1, -0.05) is 36.4 Å². The predicted molar refractivity (Wildman–Crippen MR) is 101 cm³/mol. The number of nitrogens with one attached hydrogen (secondary N) is 1. The zero-order valence-electron chi connectivity index (χ0n) is 14.5. The Morgan fingerprint density at radius 1 is 1.04 bits per heavy atom. The summed E-state index contributed by atoms with van der Waals surface area (Å²) in [7, 11) is 0. The number of hydrogen-bond donors (Lipinski definition) is 3. The summed E-state index contributed by atoms with van der Waals surface area (Å²) in [6.07, 6.45) is 1.45. The lowest BCUT2D eigenvalue weighted by atomic mass is 9.97. The molecule has 8 heteroatoms. The number of hydrogen-bond acceptors (Lipinski definition) is 4. The molecule has 8 nitrogen and oxygen atoms in total. The highest BCUT2D eigenvalue weighted by Crippen LogP contribution is 2.27. The fourth-order valence-corrected chi connectivity index (χ4v) is 2.77. The fourth-order valence-electron chi connectivity index (χ4n) is 2.77. The minimum Gasteiger partial charge on any atom is -0.364 e. The molecule has 3 rings (SSSR count). The summed E-state index contributed by atoms with van der Waals surface area (Å²) in [5, 5.41) is 6.46. The predicted octanol–water partition coefficient (Wildman–Crippen LogP) is 2.33. The van der Waals surface area contributed by atoms with E-state index in [1.54, 1.807) is 24.3 Å². The smallest absolute Gasteiger partial charge is 0.316 e. The van der Waals surface area contributed by atoms with E-state index < -0.39 is 11.9 Å². The molecule has 0 radical (unpaired) electrons. The van der Waals surface area contributed by atoms with Crippen molar-refractivity contribution in [1.82, 2.24) is 9.78 Å². The van der Waals surface area contributed by atoms with Gasteiger partial charge in [-0.25, -0.2) is 9.48 Å². The number of Topliss-reactive ketones (excluding diaryl/α,β-unsaturated/α-hetero) is 1. The van der Waals surface area contributed by atoms with Gasteiger partial charge in [0.2, 0.25) is 0 Å². The molecular formula is C19H17N5O3. The van der Waals surface area contributed by atoms with E-state index in [9.17, 15) is 14.4 Å². The van der Waals surface area contributed by atoms with Crippen LogP contribution in [0.1, 0.15) is 27.8 Å². The lowest BCUT2D eigenvalue weighted by molar-refractivity contribution is 0.0992. The zero-order chi connectivity index (χ0) is 19.6. The molecule has 5 N–H and O–H groups in total. The summed E-state index contributed by atoms with van der Waals surface area (Å²) in [5.41, 5.74) is 13.2. The minimum atomic E-state index is -0.832. The maximum Gasteiger partial charge on any atom is 0.316 e. The van der Waals surface area contributed by atoms with Gasteiger partial charge in [-0.05, 0) is 30.2 Å². The van der Waals surface area contributed by atoms with Crippen LogP contribution in [0.2, 0.25) is 0 Å². The van der Waals surface area contributed by atoms with E-state index in [2.05, 4.69) is 10.4 Å². The second-order valence-electron chi connectivity index (χ2n) is 5.84. The molecule has 0 unspecified atom stereocenters. The maximum atomic E-state index is 11.9. The third-order valence-corrected chi connectivity index (χ3v) is 3.93. The molecule has 0 spiro atoms. The van der Waals surface area contributed by atoms with Crippen molar-refractivity contribution in [3.05, 3.63) is 66.0 Å². The Bertz CT molecular complexity index is 1060. The summed E-state index contributed by atoms with van der Waals surface area (Å²) >= 11 is 0. The number of anilines is 1. The van der Waals surface area contributed by atoms with Gasteiger partial charge in [-0.15, -0.1) is 0 Å². The highest BCUT2D eigenvalue weighted by molar-refractivity contribution is 6.01. The number of urea groups is 1. The lowest BCUT2D eigenvalue weighted by Gasteiger charge is -2.09. The Labute approximate surface area is 154 Å². The average molecular weight is 363 g/mol. The standard InChI is InChI=1S/C19H17N5O3/c1-11(25)14-7-2-3-8-15(14)12-5-4-6-13(9-12)24-10-16(22-19(21)27)17(23-24)18(20)26/h2-10H,1H3,(H2,20,26)(H3,21,22,27). The molecule has 0 aliphatic carbocycles. The number of benzene rings is 2. The number of carbonyl (C=O) groups is 3. The minimum absolute atomic E-state index is 0.0425. The summed E-state index contributed by atoms with van der Waals surface area (Å²) in [5.74, 6) is -0.838. The van der Waals surface area contributed by atoms with Gasteiger partial charge in [-0.2, -0.15) is 5.10 Å². The van der Waals surface area contributed by atoms with Crippen LogP contribution in [0.4, 0.5) is 10.5 Å².